The number of aromatic amines is 1. The Hall–Kier alpha value is -5.86. The molecule has 0 spiro atoms. The molecule has 1 aliphatic heterocycles. The van der Waals surface area contributed by atoms with Crippen LogP contribution in [-0.4, -0.2) is 70.8 Å². The number of alkyl carbamates (subject to hydrolysis) is 1. The van der Waals surface area contributed by atoms with Crippen molar-refractivity contribution in [3.8, 4) is 11.5 Å². The quantitative estimate of drug-likeness (QED) is 0.116. The van der Waals surface area contributed by atoms with Gasteiger partial charge in [0, 0.05) is 62.3 Å². The van der Waals surface area contributed by atoms with Crippen molar-refractivity contribution in [2.24, 2.45) is 0 Å². The highest BCUT2D eigenvalue weighted by atomic mass is 35.5. The molecule has 0 saturated carbocycles. The summed E-state index contributed by atoms with van der Waals surface area (Å²) in [4.78, 5) is 58.1. The zero-order chi connectivity index (χ0) is 40.7. The number of para-hydroxylation sites is 2. The summed E-state index contributed by atoms with van der Waals surface area (Å²) in [6.07, 6.45) is 0.437. The Morgan fingerprint density at radius 2 is 1.68 bits per heavy atom. The van der Waals surface area contributed by atoms with Crippen LogP contribution in [0.1, 0.15) is 51.7 Å². The van der Waals surface area contributed by atoms with Crippen LogP contribution in [0.4, 0.5) is 20.6 Å². The van der Waals surface area contributed by atoms with E-state index in [1.54, 1.807) is 74.0 Å². The Bertz CT molecular complexity index is 2300. The van der Waals surface area contributed by atoms with Gasteiger partial charge in [0.2, 0.25) is 11.8 Å². The Morgan fingerprint density at radius 1 is 0.912 bits per heavy atom. The van der Waals surface area contributed by atoms with Crippen LogP contribution in [-0.2, 0) is 27.4 Å². The van der Waals surface area contributed by atoms with Gasteiger partial charge >= 0.3 is 11.8 Å². The van der Waals surface area contributed by atoms with Crippen LogP contribution >= 0.6 is 11.6 Å². The molecule has 0 radical (unpaired) electrons. The average Bonchev–Trinajstić information content (AvgIpc) is 3.50. The number of anilines is 2. The van der Waals surface area contributed by atoms with E-state index in [-0.39, 0.29) is 54.1 Å². The molecule has 0 aliphatic carbocycles. The number of carbonyl (C=O) groups excluding carboxylic acids is 3. The van der Waals surface area contributed by atoms with Crippen LogP contribution in [0.3, 0.4) is 0 Å². The second-order valence-corrected chi connectivity index (χ2v) is 15.2. The largest absolute Gasteiger partial charge is 0.455 e. The van der Waals surface area contributed by atoms with Gasteiger partial charge < -0.3 is 30.1 Å². The second-order valence-electron chi connectivity index (χ2n) is 14.7. The molecule has 0 atom stereocenters. The predicted molar refractivity (Wildman–Crippen MR) is 218 cm³/mol. The lowest BCUT2D eigenvalue weighted by Crippen LogP contribution is -2.55. The molecule has 6 rings (SSSR count). The van der Waals surface area contributed by atoms with Crippen molar-refractivity contribution in [2.45, 2.75) is 59.2 Å². The van der Waals surface area contributed by atoms with Crippen LogP contribution in [0.2, 0.25) is 5.02 Å². The summed E-state index contributed by atoms with van der Waals surface area (Å²) in [5.41, 5.74) is 2.18. The summed E-state index contributed by atoms with van der Waals surface area (Å²) in [7, 11) is 0. The van der Waals surface area contributed by atoms with E-state index < -0.39 is 17.5 Å². The van der Waals surface area contributed by atoms with Crippen molar-refractivity contribution in [2.75, 3.05) is 42.6 Å². The van der Waals surface area contributed by atoms with Gasteiger partial charge in [-0.2, -0.15) is 0 Å². The highest BCUT2D eigenvalue weighted by Gasteiger charge is 2.28. The standard InChI is InChI=1S/C42H47ClFN7O6/c1-5-9-38(52)45-26-29-14-16-31(24-33(29)44)50(39(53)27-48-18-20-49(21-19-48)51-35-13-7-6-12-34(35)47-40(51)54)36-17-15-30(43)23-37(36)56-32-11-8-10-28(22-32)25-46-41(55)57-42(2,3)4/h6-8,10-17,22-24H,5,9,18-21,25-27H2,1-4H3,(H,45,52)(H,46,55)(H,47,54). The van der Waals surface area contributed by atoms with E-state index in [0.29, 0.717) is 55.5 Å². The molecule has 13 nitrogen and oxygen atoms in total. The lowest BCUT2D eigenvalue weighted by molar-refractivity contribution is -0.121. The molecule has 3 amide bonds. The first-order valence-corrected chi connectivity index (χ1v) is 19.2. The number of nitrogens with one attached hydrogen (secondary N) is 3. The number of imidazole rings is 1. The molecule has 0 bridgehead atoms. The van der Waals surface area contributed by atoms with Gasteiger partial charge in [0.25, 0.3) is 0 Å². The van der Waals surface area contributed by atoms with E-state index in [4.69, 9.17) is 21.1 Å². The zero-order valence-corrected chi connectivity index (χ0v) is 33.2. The number of hydrogen-bond donors (Lipinski definition) is 3. The maximum atomic E-state index is 15.8. The molecular weight excluding hydrogens is 753 g/mol. The molecule has 4 aromatic carbocycles. The number of rotatable bonds is 13. The highest BCUT2D eigenvalue weighted by molar-refractivity contribution is 6.31. The van der Waals surface area contributed by atoms with Crippen LogP contribution in [0.5, 0.6) is 11.5 Å². The normalized spacial score (nSPS) is 13.3. The first-order chi connectivity index (χ1) is 27.3. The van der Waals surface area contributed by atoms with Crippen molar-refractivity contribution >= 4 is 51.9 Å². The number of ether oxygens (including phenoxy) is 2. The lowest BCUT2D eigenvalue weighted by Gasteiger charge is -2.36. The number of H-pyrrole nitrogens is 1. The van der Waals surface area contributed by atoms with Crippen molar-refractivity contribution < 1.29 is 28.2 Å². The monoisotopic (exact) mass is 799 g/mol. The molecule has 1 saturated heterocycles. The number of halogens is 2. The Morgan fingerprint density at radius 3 is 2.42 bits per heavy atom. The van der Waals surface area contributed by atoms with E-state index in [9.17, 15) is 19.2 Å². The Balaban J connectivity index is 1.26. The molecular formula is C42H47ClFN7O6. The second kappa shape index (κ2) is 17.9. The van der Waals surface area contributed by atoms with E-state index in [1.165, 1.54) is 11.0 Å². The van der Waals surface area contributed by atoms with Gasteiger partial charge in [0.15, 0.2) is 5.75 Å². The number of aromatic nitrogens is 2. The third kappa shape index (κ3) is 10.5. The summed E-state index contributed by atoms with van der Waals surface area (Å²) >= 11 is 6.49. The van der Waals surface area contributed by atoms with Crippen LogP contribution in [0, 0.1) is 5.82 Å². The minimum Gasteiger partial charge on any atom is -0.455 e. The van der Waals surface area contributed by atoms with Gasteiger partial charge in [-0.05, 0) is 81.3 Å². The first kappa shape index (κ1) is 40.8. The van der Waals surface area contributed by atoms with Crippen molar-refractivity contribution in [1.82, 2.24) is 25.2 Å². The van der Waals surface area contributed by atoms with E-state index in [0.717, 1.165) is 16.6 Å². The number of piperazine rings is 1. The third-order valence-corrected chi connectivity index (χ3v) is 9.41. The van der Waals surface area contributed by atoms with Gasteiger partial charge in [-0.25, -0.2) is 18.7 Å². The molecule has 5 aromatic rings. The molecule has 2 heterocycles. The fourth-order valence-corrected chi connectivity index (χ4v) is 6.68. The van der Waals surface area contributed by atoms with Gasteiger partial charge in [0.05, 0.1) is 29.0 Å². The van der Waals surface area contributed by atoms with E-state index in [1.807, 2.05) is 47.2 Å². The number of hydrogen-bond acceptors (Lipinski definition) is 8. The fraction of sp³-hybridized carbons (Fsp3) is 0.333. The van der Waals surface area contributed by atoms with Crippen LogP contribution in [0.15, 0.2) is 89.7 Å². The van der Waals surface area contributed by atoms with E-state index >= 15 is 4.39 Å². The summed E-state index contributed by atoms with van der Waals surface area (Å²) in [5, 5.41) is 7.77. The molecule has 15 heteroatoms. The van der Waals surface area contributed by atoms with Crippen molar-refractivity contribution in [3.05, 3.63) is 117 Å². The number of nitrogens with zero attached hydrogens (tertiary/aromatic N) is 4. The van der Waals surface area contributed by atoms with Gasteiger partial charge in [-0.3, -0.25) is 19.4 Å². The summed E-state index contributed by atoms with van der Waals surface area (Å²) in [6.45, 7) is 9.30. The molecule has 57 heavy (non-hydrogen) atoms. The Labute approximate surface area is 335 Å². The number of benzene rings is 4. The number of amides is 3. The van der Waals surface area contributed by atoms with Gasteiger partial charge in [-0.15, -0.1) is 0 Å². The van der Waals surface area contributed by atoms with E-state index in [2.05, 4.69) is 15.6 Å². The Kier molecular flexibility index (Phi) is 12.8. The molecule has 300 valence electrons. The first-order valence-electron chi connectivity index (χ1n) is 18.9. The summed E-state index contributed by atoms with van der Waals surface area (Å²) in [6, 6.07) is 23.8. The number of fused-ring (bicyclic) bond motifs is 1. The highest BCUT2D eigenvalue weighted by Crippen LogP contribution is 2.39. The topological polar surface area (TPSA) is 141 Å². The minimum atomic E-state index is -0.651. The molecule has 1 aliphatic rings. The van der Waals surface area contributed by atoms with Crippen LogP contribution in [0.25, 0.3) is 11.0 Å². The zero-order valence-electron chi connectivity index (χ0n) is 32.4. The lowest BCUT2D eigenvalue weighted by atomic mass is 10.1. The molecule has 1 fully saturated rings. The maximum Gasteiger partial charge on any atom is 0.407 e. The number of carbonyl (C=O) groups is 3. The smallest absolute Gasteiger partial charge is 0.407 e. The fourth-order valence-electron chi connectivity index (χ4n) is 6.51. The maximum absolute atomic E-state index is 15.8. The molecule has 0 unspecified atom stereocenters. The van der Waals surface area contributed by atoms with Crippen molar-refractivity contribution in [3.63, 3.8) is 0 Å². The average molecular weight is 800 g/mol. The summed E-state index contributed by atoms with van der Waals surface area (Å²) < 4.78 is 29.1. The molecule has 3 N–H and O–H groups in total. The SMILES string of the molecule is CCCC(=O)NCc1ccc(N(C(=O)CN2CCN(n3c(=O)[nH]c4ccccc43)CC2)c2ccc(Cl)cc2Oc2cccc(CNC(=O)OC(C)(C)C)c2)cc1F. The third-order valence-electron chi connectivity index (χ3n) is 9.18. The van der Waals surface area contributed by atoms with Crippen LogP contribution < -0.4 is 31.0 Å². The minimum absolute atomic E-state index is 0.00286. The predicted octanol–water partition coefficient (Wildman–Crippen LogP) is 6.97. The summed E-state index contributed by atoms with van der Waals surface area (Å²) in [5.74, 6) is -0.504. The molecule has 1 aromatic heterocycles. The van der Waals surface area contributed by atoms with Gasteiger partial charge in [0.1, 0.15) is 17.2 Å². The van der Waals surface area contributed by atoms with Gasteiger partial charge in [-0.1, -0.05) is 48.9 Å². The van der Waals surface area contributed by atoms with Crippen molar-refractivity contribution in [1.29, 1.82) is 0 Å².